The number of aromatic nitrogens is 3. The number of nitrogens with one attached hydrogen (secondary N) is 1. The minimum atomic E-state index is -0.232. The molecule has 0 bridgehead atoms. The maximum absolute atomic E-state index is 10.7. The molecule has 0 spiro atoms. The molecular weight excluding hydrogens is 268 g/mol. The van der Waals surface area contributed by atoms with Gasteiger partial charge in [-0.25, -0.2) is 9.50 Å². The van der Waals surface area contributed by atoms with E-state index >= 15 is 0 Å². The summed E-state index contributed by atoms with van der Waals surface area (Å²) < 4.78 is 7.11. The fourth-order valence-corrected chi connectivity index (χ4v) is 2.24. The summed E-state index contributed by atoms with van der Waals surface area (Å²) in [6, 6.07) is 1.66. The summed E-state index contributed by atoms with van der Waals surface area (Å²) >= 11 is 5.91. The molecule has 0 radical (unpaired) electrons. The molecule has 0 aliphatic heterocycles. The molecule has 2 heterocycles. The Morgan fingerprint density at radius 2 is 2.26 bits per heavy atom. The third-order valence-electron chi connectivity index (χ3n) is 2.83. The van der Waals surface area contributed by atoms with Crippen LogP contribution in [0, 0.1) is 5.92 Å². The molecule has 1 atom stereocenters. The SMILES string of the molecule is COC(c1c(NC=O)cnc2cc(Cl)nn12)C(C)C. The van der Waals surface area contributed by atoms with Gasteiger partial charge < -0.3 is 10.1 Å². The number of hydrogen-bond donors (Lipinski definition) is 1. The summed E-state index contributed by atoms with van der Waals surface area (Å²) in [5.41, 5.74) is 1.89. The van der Waals surface area contributed by atoms with E-state index in [1.165, 1.54) is 0 Å². The molecule has 19 heavy (non-hydrogen) atoms. The van der Waals surface area contributed by atoms with Crippen LogP contribution in [0.25, 0.3) is 5.65 Å². The summed E-state index contributed by atoms with van der Waals surface area (Å²) in [5.74, 6) is 0.200. The second kappa shape index (κ2) is 5.54. The molecule has 0 aliphatic rings. The molecule has 2 rings (SSSR count). The highest BCUT2D eigenvalue weighted by Crippen LogP contribution is 2.31. The van der Waals surface area contributed by atoms with E-state index in [1.54, 1.807) is 23.9 Å². The van der Waals surface area contributed by atoms with Crippen LogP contribution in [0.5, 0.6) is 0 Å². The molecule has 0 aromatic carbocycles. The van der Waals surface area contributed by atoms with Crippen molar-refractivity contribution >= 4 is 29.3 Å². The monoisotopic (exact) mass is 282 g/mol. The third kappa shape index (κ3) is 2.54. The summed E-state index contributed by atoms with van der Waals surface area (Å²) in [4.78, 5) is 14.9. The number of fused-ring (bicyclic) bond motifs is 1. The molecule has 0 fully saturated rings. The van der Waals surface area contributed by atoms with E-state index in [0.717, 1.165) is 5.69 Å². The molecule has 2 aromatic rings. The Labute approximate surface area is 115 Å². The van der Waals surface area contributed by atoms with Crippen LogP contribution in [0.1, 0.15) is 25.6 Å². The largest absolute Gasteiger partial charge is 0.375 e. The minimum Gasteiger partial charge on any atom is -0.375 e. The number of carbonyl (C=O) groups is 1. The second-order valence-electron chi connectivity index (χ2n) is 4.46. The quantitative estimate of drug-likeness (QED) is 0.855. The number of ether oxygens (including phenoxy) is 1. The number of hydrogen-bond acceptors (Lipinski definition) is 4. The highest BCUT2D eigenvalue weighted by molar-refractivity contribution is 6.29. The lowest BCUT2D eigenvalue weighted by Gasteiger charge is -2.22. The van der Waals surface area contributed by atoms with Crippen molar-refractivity contribution in [1.82, 2.24) is 14.6 Å². The summed E-state index contributed by atoms with van der Waals surface area (Å²) in [6.07, 6.45) is 1.94. The van der Waals surface area contributed by atoms with Crippen molar-refractivity contribution in [3.05, 3.63) is 23.1 Å². The maximum atomic E-state index is 10.7. The van der Waals surface area contributed by atoms with Crippen molar-refractivity contribution in [3.63, 3.8) is 0 Å². The molecular formula is C12H15ClN4O2. The lowest BCUT2D eigenvalue weighted by Crippen LogP contribution is -2.17. The molecule has 1 unspecified atom stereocenters. The first-order valence-corrected chi connectivity index (χ1v) is 6.23. The van der Waals surface area contributed by atoms with Crippen LogP contribution in [-0.4, -0.2) is 28.1 Å². The number of amides is 1. The van der Waals surface area contributed by atoms with Crippen molar-refractivity contribution in [2.75, 3.05) is 12.4 Å². The number of carbonyl (C=O) groups excluding carboxylic acids is 1. The first-order chi connectivity index (χ1) is 9.08. The summed E-state index contributed by atoms with van der Waals surface area (Å²) in [7, 11) is 1.62. The third-order valence-corrected chi connectivity index (χ3v) is 3.02. The van der Waals surface area contributed by atoms with E-state index in [2.05, 4.69) is 15.4 Å². The van der Waals surface area contributed by atoms with Gasteiger partial charge in [-0.05, 0) is 5.92 Å². The summed E-state index contributed by atoms with van der Waals surface area (Å²) in [6.45, 7) is 4.05. The van der Waals surface area contributed by atoms with Gasteiger partial charge in [0.1, 0.15) is 6.10 Å². The zero-order valence-corrected chi connectivity index (χ0v) is 11.7. The number of anilines is 1. The lowest BCUT2D eigenvalue weighted by atomic mass is 10.0. The Morgan fingerprint density at radius 3 is 2.84 bits per heavy atom. The molecule has 0 aliphatic carbocycles. The molecule has 6 nitrogen and oxygen atoms in total. The first kappa shape index (κ1) is 13.8. The molecule has 0 saturated carbocycles. The van der Waals surface area contributed by atoms with E-state index in [0.29, 0.717) is 22.9 Å². The number of halogens is 1. The highest BCUT2D eigenvalue weighted by atomic mass is 35.5. The van der Waals surface area contributed by atoms with Crippen molar-refractivity contribution in [1.29, 1.82) is 0 Å². The predicted octanol–water partition coefficient (Wildman–Crippen LogP) is 2.29. The molecule has 1 amide bonds. The van der Waals surface area contributed by atoms with Crippen LogP contribution >= 0.6 is 11.6 Å². The van der Waals surface area contributed by atoms with Gasteiger partial charge in [-0.1, -0.05) is 25.4 Å². The first-order valence-electron chi connectivity index (χ1n) is 5.85. The van der Waals surface area contributed by atoms with Crippen molar-refractivity contribution < 1.29 is 9.53 Å². The zero-order chi connectivity index (χ0) is 14.0. The second-order valence-corrected chi connectivity index (χ2v) is 4.84. The normalized spacial score (nSPS) is 12.9. The van der Waals surface area contributed by atoms with Gasteiger partial charge in [0.25, 0.3) is 0 Å². The molecule has 1 N–H and O–H groups in total. The zero-order valence-electron chi connectivity index (χ0n) is 10.9. The molecule has 7 heteroatoms. The van der Waals surface area contributed by atoms with Gasteiger partial charge >= 0.3 is 0 Å². The Kier molecular flexibility index (Phi) is 4.01. The van der Waals surface area contributed by atoms with Gasteiger partial charge in [-0.15, -0.1) is 0 Å². The average Bonchev–Trinajstić information content (AvgIpc) is 2.73. The van der Waals surface area contributed by atoms with Crippen molar-refractivity contribution in [3.8, 4) is 0 Å². The smallest absolute Gasteiger partial charge is 0.211 e. The van der Waals surface area contributed by atoms with Crippen LogP contribution in [0.15, 0.2) is 12.3 Å². The minimum absolute atomic E-state index is 0.200. The van der Waals surface area contributed by atoms with E-state index in [1.807, 2.05) is 13.8 Å². The number of methoxy groups -OCH3 is 1. The Hall–Kier alpha value is -1.66. The van der Waals surface area contributed by atoms with Crippen LogP contribution in [0.2, 0.25) is 5.15 Å². The van der Waals surface area contributed by atoms with Gasteiger partial charge in [0, 0.05) is 13.2 Å². The topological polar surface area (TPSA) is 68.5 Å². The Bertz CT molecular complexity index is 597. The van der Waals surface area contributed by atoms with Gasteiger partial charge in [0.05, 0.1) is 17.6 Å². The fraction of sp³-hybridized carbons (Fsp3) is 0.417. The Balaban J connectivity index is 2.70. The Morgan fingerprint density at radius 1 is 1.53 bits per heavy atom. The molecule has 2 aromatic heterocycles. The summed E-state index contributed by atoms with van der Waals surface area (Å²) in [5, 5.41) is 7.15. The maximum Gasteiger partial charge on any atom is 0.211 e. The van der Waals surface area contributed by atoms with Gasteiger partial charge in [-0.3, -0.25) is 4.79 Å². The molecule has 0 saturated heterocycles. The van der Waals surface area contributed by atoms with Crippen LogP contribution in [-0.2, 0) is 9.53 Å². The van der Waals surface area contributed by atoms with E-state index in [4.69, 9.17) is 16.3 Å². The lowest BCUT2D eigenvalue weighted by molar-refractivity contribution is -0.105. The van der Waals surface area contributed by atoms with Crippen LogP contribution < -0.4 is 5.32 Å². The standard InChI is InChI=1S/C12H15ClN4O2/c1-7(2)12(19-3)11-8(15-6-18)5-14-10-4-9(13)16-17(10)11/h4-7,12H,1-3H3,(H,15,18). The fourth-order valence-electron chi connectivity index (χ4n) is 2.07. The van der Waals surface area contributed by atoms with Crippen molar-refractivity contribution in [2.24, 2.45) is 5.92 Å². The van der Waals surface area contributed by atoms with Gasteiger partial charge in [0.2, 0.25) is 6.41 Å². The number of rotatable bonds is 5. The van der Waals surface area contributed by atoms with Crippen molar-refractivity contribution in [2.45, 2.75) is 20.0 Å². The van der Waals surface area contributed by atoms with E-state index in [-0.39, 0.29) is 12.0 Å². The molecule has 102 valence electrons. The highest BCUT2D eigenvalue weighted by Gasteiger charge is 2.23. The van der Waals surface area contributed by atoms with Crippen LogP contribution in [0.3, 0.4) is 0 Å². The number of nitrogens with zero attached hydrogens (tertiary/aromatic N) is 3. The van der Waals surface area contributed by atoms with E-state index in [9.17, 15) is 4.79 Å². The van der Waals surface area contributed by atoms with Gasteiger partial charge in [0.15, 0.2) is 10.8 Å². The van der Waals surface area contributed by atoms with Crippen LogP contribution in [0.4, 0.5) is 5.69 Å². The average molecular weight is 283 g/mol. The van der Waals surface area contributed by atoms with Gasteiger partial charge in [-0.2, -0.15) is 5.10 Å². The van der Waals surface area contributed by atoms with E-state index < -0.39 is 0 Å². The predicted molar refractivity (Wildman–Crippen MR) is 72.3 cm³/mol.